The van der Waals surface area contributed by atoms with Crippen LogP contribution in [0.4, 0.5) is 0 Å². The van der Waals surface area contributed by atoms with Gasteiger partial charge in [0.05, 0.1) is 0 Å². The van der Waals surface area contributed by atoms with Crippen LogP contribution in [-0.2, 0) is 6.42 Å². The second kappa shape index (κ2) is 5.04. The van der Waals surface area contributed by atoms with Gasteiger partial charge in [-0.2, -0.15) is 0 Å². The summed E-state index contributed by atoms with van der Waals surface area (Å²) in [7, 11) is 2.06. The second-order valence-electron chi connectivity index (χ2n) is 4.25. The number of likely N-dealkylation sites (N-methyl/N-ethyl adjacent to an activating group) is 1. The second-order valence-corrected chi connectivity index (χ2v) is 4.68. The van der Waals surface area contributed by atoms with Crippen molar-refractivity contribution >= 4 is 11.6 Å². The maximum atomic E-state index is 5.94. The van der Waals surface area contributed by atoms with Crippen LogP contribution in [0.3, 0.4) is 0 Å². The summed E-state index contributed by atoms with van der Waals surface area (Å²) < 4.78 is 5.84. The van der Waals surface area contributed by atoms with Crippen molar-refractivity contribution < 1.29 is 4.74 Å². The molecular formula is C12H17ClN2O. The highest BCUT2D eigenvalue weighted by molar-refractivity contribution is 6.30. The van der Waals surface area contributed by atoms with Crippen molar-refractivity contribution in [2.75, 3.05) is 26.7 Å². The van der Waals surface area contributed by atoms with Crippen LogP contribution in [0.15, 0.2) is 18.2 Å². The number of benzene rings is 1. The molecule has 1 aromatic rings. The normalized spacial score (nSPS) is 18.6. The zero-order chi connectivity index (χ0) is 11.5. The summed E-state index contributed by atoms with van der Waals surface area (Å²) in [4.78, 5) is 2.19. The molecule has 1 heterocycles. The Hall–Kier alpha value is -0.770. The van der Waals surface area contributed by atoms with Crippen molar-refractivity contribution in [1.82, 2.24) is 4.90 Å². The zero-order valence-electron chi connectivity index (χ0n) is 9.45. The largest absolute Gasteiger partial charge is 0.488 e. The van der Waals surface area contributed by atoms with Crippen molar-refractivity contribution in [2.24, 2.45) is 5.73 Å². The van der Waals surface area contributed by atoms with Crippen molar-refractivity contribution in [1.29, 1.82) is 0 Å². The summed E-state index contributed by atoms with van der Waals surface area (Å²) in [5.41, 5.74) is 6.71. The molecule has 16 heavy (non-hydrogen) atoms. The van der Waals surface area contributed by atoms with E-state index in [1.165, 1.54) is 5.56 Å². The van der Waals surface area contributed by atoms with Gasteiger partial charge in [-0.25, -0.2) is 0 Å². The molecule has 0 spiro atoms. The summed E-state index contributed by atoms with van der Waals surface area (Å²) in [6.45, 7) is 2.49. The summed E-state index contributed by atoms with van der Waals surface area (Å²) in [5.74, 6) is 0.968. The number of rotatable bonds is 4. The number of nitrogens with zero attached hydrogens (tertiary/aromatic N) is 1. The average Bonchev–Trinajstić information content (AvgIpc) is 2.59. The monoisotopic (exact) mass is 240 g/mol. The Kier molecular flexibility index (Phi) is 3.69. The van der Waals surface area contributed by atoms with Crippen LogP contribution in [-0.4, -0.2) is 37.7 Å². The number of hydrogen-bond donors (Lipinski definition) is 1. The van der Waals surface area contributed by atoms with Crippen molar-refractivity contribution in [2.45, 2.75) is 12.5 Å². The Bertz CT molecular complexity index is 370. The smallest absolute Gasteiger partial charge is 0.123 e. The first-order valence-corrected chi connectivity index (χ1v) is 5.90. The SMILES string of the molecule is CN(CCN)CC1Cc2cc(Cl)ccc2O1. The Morgan fingerprint density at radius 3 is 3.12 bits per heavy atom. The molecule has 2 N–H and O–H groups in total. The van der Waals surface area contributed by atoms with Crippen molar-refractivity contribution in [3.05, 3.63) is 28.8 Å². The van der Waals surface area contributed by atoms with Crippen LogP contribution in [0.1, 0.15) is 5.56 Å². The quantitative estimate of drug-likeness (QED) is 0.868. The maximum Gasteiger partial charge on any atom is 0.123 e. The van der Waals surface area contributed by atoms with Crippen LogP contribution < -0.4 is 10.5 Å². The molecule has 2 rings (SSSR count). The van der Waals surface area contributed by atoms with E-state index in [0.29, 0.717) is 6.54 Å². The number of ether oxygens (including phenoxy) is 1. The molecule has 0 fully saturated rings. The lowest BCUT2D eigenvalue weighted by Crippen LogP contribution is -2.35. The number of nitrogens with two attached hydrogens (primary N) is 1. The van der Waals surface area contributed by atoms with E-state index in [1.54, 1.807) is 0 Å². The Morgan fingerprint density at radius 1 is 1.56 bits per heavy atom. The summed E-state index contributed by atoms with van der Waals surface area (Å²) in [5, 5.41) is 0.776. The Labute approximate surface area is 101 Å². The minimum absolute atomic E-state index is 0.227. The van der Waals surface area contributed by atoms with E-state index in [9.17, 15) is 0 Å². The summed E-state index contributed by atoms with van der Waals surface area (Å²) in [6, 6.07) is 5.80. The molecule has 0 saturated carbocycles. The van der Waals surface area contributed by atoms with E-state index in [2.05, 4.69) is 11.9 Å². The van der Waals surface area contributed by atoms with E-state index in [1.807, 2.05) is 18.2 Å². The molecule has 1 atom stereocenters. The van der Waals surface area contributed by atoms with Gasteiger partial charge >= 0.3 is 0 Å². The zero-order valence-corrected chi connectivity index (χ0v) is 10.2. The standard InChI is InChI=1S/C12H17ClN2O/c1-15(5-4-14)8-11-7-9-6-10(13)2-3-12(9)16-11/h2-3,6,11H,4-5,7-8,14H2,1H3. The predicted molar refractivity (Wildman–Crippen MR) is 66.1 cm³/mol. The van der Waals surface area contributed by atoms with Gasteiger partial charge in [0.2, 0.25) is 0 Å². The minimum atomic E-state index is 0.227. The van der Waals surface area contributed by atoms with Gasteiger partial charge in [-0.1, -0.05) is 11.6 Å². The first-order chi connectivity index (χ1) is 7.69. The van der Waals surface area contributed by atoms with Gasteiger partial charge in [-0.05, 0) is 30.8 Å². The summed E-state index contributed by atoms with van der Waals surface area (Å²) in [6.07, 6.45) is 1.16. The van der Waals surface area contributed by atoms with Gasteiger partial charge < -0.3 is 15.4 Å². The van der Waals surface area contributed by atoms with Crippen LogP contribution in [0.2, 0.25) is 5.02 Å². The third-order valence-corrected chi connectivity index (χ3v) is 3.02. The third-order valence-electron chi connectivity index (χ3n) is 2.79. The molecule has 1 aliphatic rings. The van der Waals surface area contributed by atoms with E-state index >= 15 is 0 Å². The molecule has 1 aliphatic heterocycles. The molecule has 0 bridgehead atoms. The first kappa shape index (κ1) is 11.7. The van der Waals surface area contributed by atoms with Crippen LogP contribution in [0.25, 0.3) is 0 Å². The van der Waals surface area contributed by atoms with E-state index in [-0.39, 0.29) is 6.10 Å². The topological polar surface area (TPSA) is 38.5 Å². The summed E-state index contributed by atoms with van der Waals surface area (Å²) >= 11 is 5.94. The van der Waals surface area contributed by atoms with Gasteiger partial charge in [0.15, 0.2) is 0 Å². The van der Waals surface area contributed by atoms with Gasteiger partial charge in [-0.3, -0.25) is 0 Å². The molecule has 0 aromatic heterocycles. The lowest BCUT2D eigenvalue weighted by Gasteiger charge is -2.19. The molecule has 0 amide bonds. The fraction of sp³-hybridized carbons (Fsp3) is 0.500. The van der Waals surface area contributed by atoms with E-state index < -0.39 is 0 Å². The highest BCUT2D eigenvalue weighted by atomic mass is 35.5. The van der Waals surface area contributed by atoms with Gasteiger partial charge in [-0.15, -0.1) is 0 Å². The van der Waals surface area contributed by atoms with Crippen LogP contribution >= 0.6 is 11.6 Å². The average molecular weight is 241 g/mol. The third kappa shape index (κ3) is 2.67. The van der Waals surface area contributed by atoms with Crippen LogP contribution in [0, 0.1) is 0 Å². The highest BCUT2D eigenvalue weighted by Crippen LogP contribution is 2.31. The first-order valence-electron chi connectivity index (χ1n) is 5.52. The minimum Gasteiger partial charge on any atom is -0.488 e. The molecule has 88 valence electrons. The number of halogens is 1. The van der Waals surface area contributed by atoms with Gasteiger partial charge in [0.1, 0.15) is 11.9 Å². The molecule has 3 nitrogen and oxygen atoms in total. The lowest BCUT2D eigenvalue weighted by atomic mass is 10.1. The molecule has 1 unspecified atom stereocenters. The maximum absolute atomic E-state index is 5.94. The predicted octanol–water partition coefficient (Wildman–Crippen LogP) is 1.53. The van der Waals surface area contributed by atoms with Crippen molar-refractivity contribution in [3.63, 3.8) is 0 Å². The fourth-order valence-electron chi connectivity index (χ4n) is 2.05. The highest BCUT2D eigenvalue weighted by Gasteiger charge is 2.23. The number of fused-ring (bicyclic) bond motifs is 1. The van der Waals surface area contributed by atoms with Crippen molar-refractivity contribution in [3.8, 4) is 5.75 Å². The molecular weight excluding hydrogens is 224 g/mol. The Morgan fingerprint density at radius 2 is 2.38 bits per heavy atom. The molecule has 0 saturated heterocycles. The van der Waals surface area contributed by atoms with E-state index in [4.69, 9.17) is 22.1 Å². The molecule has 0 aliphatic carbocycles. The molecule has 4 heteroatoms. The molecule has 0 radical (unpaired) electrons. The molecule has 1 aromatic carbocycles. The Balaban J connectivity index is 1.95. The lowest BCUT2D eigenvalue weighted by molar-refractivity contribution is 0.171. The van der Waals surface area contributed by atoms with Gasteiger partial charge in [0.25, 0.3) is 0 Å². The van der Waals surface area contributed by atoms with Gasteiger partial charge in [0, 0.05) is 31.1 Å². The fourth-order valence-corrected chi connectivity index (χ4v) is 2.24. The number of hydrogen-bond acceptors (Lipinski definition) is 3. The van der Waals surface area contributed by atoms with E-state index in [0.717, 1.165) is 30.3 Å². The van der Waals surface area contributed by atoms with Crippen LogP contribution in [0.5, 0.6) is 5.75 Å².